The summed E-state index contributed by atoms with van der Waals surface area (Å²) in [6, 6.07) is 2.02. The van der Waals surface area contributed by atoms with E-state index in [-0.39, 0.29) is 11.8 Å². The van der Waals surface area contributed by atoms with Crippen molar-refractivity contribution in [2.24, 2.45) is 11.7 Å². The molecule has 0 aromatic carbocycles. The summed E-state index contributed by atoms with van der Waals surface area (Å²) in [7, 11) is 0. The van der Waals surface area contributed by atoms with Gasteiger partial charge in [0.1, 0.15) is 0 Å². The lowest BCUT2D eigenvalue weighted by atomic mass is 10.1. The van der Waals surface area contributed by atoms with Crippen molar-refractivity contribution in [3.05, 3.63) is 21.9 Å². The minimum atomic E-state index is 0.0499. The summed E-state index contributed by atoms with van der Waals surface area (Å²) in [5, 5.41) is 1.97. The number of hydrogen-bond acceptors (Lipinski definition) is 3. The lowest BCUT2D eigenvalue weighted by molar-refractivity contribution is 0.0759. The van der Waals surface area contributed by atoms with Crippen molar-refractivity contribution < 1.29 is 4.79 Å². The Morgan fingerprint density at radius 1 is 1.56 bits per heavy atom. The molecular formula is C13H20N2OS2. The Balaban J connectivity index is 2.83. The van der Waals surface area contributed by atoms with Gasteiger partial charge in [0.25, 0.3) is 5.91 Å². The van der Waals surface area contributed by atoms with Gasteiger partial charge in [0.2, 0.25) is 0 Å². The van der Waals surface area contributed by atoms with Gasteiger partial charge in [-0.05, 0) is 30.4 Å². The van der Waals surface area contributed by atoms with E-state index in [1.54, 1.807) is 0 Å². The van der Waals surface area contributed by atoms with Crippen molar-refractivity contribution in [3.63, 3.8) is 0 Å². The molecule has 0 fully saturated rings. The highest BCUT2D eigenvalue weighted by atomic mass is 32.1. The number of rotatable bonds is 6. The fourth-order valence-corrected chi connectivity index (χ4v) is 2.76. The molecule has 1 rings (SSSR count). The fraction of sp³-hybridized carbons (Fsp3) is 0.538. The highest BCUT2D eigenvalue weighted by Crippen LogP contribution is 2.20. The fourth-order valence-electron chi connectivity index (χ4n) is 1.72. The van der Waals surface area contributed by atoms with Crippen LogP contribution < -0.4 is 5.73 Å². The number of aryl methyl sites for hydroxylation is 1. The smallest absolute Gasteiger partial charge is 0.264 e. The molecule has 1 atom stereocenters. The molecule has 0 bridgehead atoms. The second-order valence-corrected chi connectivity index (χ2v) is 5.66. The second kappa shape index (κ2) is 6.85. The van der Waals surface area contributed by atoms with Crippen LogP contribution >= 0.6 is 23.6 Å². The molecule has 100 valence electrons. The maximum absolute atomic E-state index is 12.4. The number of amides is 1. The van der Waals surface area contributed by atoms with Crippen molar-refractivity contribution >= 4 is 34.5 Å². The zero-order valence-electron chi connectivity index (χ0n) is 11.1. The van der Waals surface area contributed by atoms with E-state index in [0.717, 1.165) is 16.9 Å². The minimum Gasteiger partial charge on any atom is -0.393 e. The molecule has 0 saturated carbocycles. The number of thiophene rings is 1. The van der Waals surface area contributed by atoms with Crippen LogP contribution in [-0.4, -0.2) is 28.9 Å². The molecule has 1 aromatic heterocycles. The molecule has 2 N–H and O–H groups in total. The van der Waals surface area contributed by atoms with Crippen molar-refractivity contribution in [1.82, 2.24) is 4.90 Å². The number of nitrogens with two attached hydrogens (primary N) is 1. The van der Waals surface area contributed by atoms with Gasteiger partial charge in [0.15, 0.2) is 0 Å². The van der Waals surface area contributed by atoms with E-state index in [0.29, 0.717) is 18.1 Å². The van der Waals surface area contributed by atoms with Gasteiger partial charge >= 0.3 is 0 Å². The second-order valence-electron chi connectivity index (χ2n) is 4.28. The highest BCUT2D eigenvalue weighted by Gasteiger charge is 2.20. The average molecular weight is 284 g/mol. The van der Waals surface area contributed by atoms with Gasteiger partial charge in [-0.3, -0.25) is 4.79 Å². The van der Waals surface area contributed by atoms with Gasteiger partial charge in [-0.15, -0.1) is 11.3 Å². The first-order valence-electron chi connectivity index (χ1n) is 6.16. The normalized spacial score (nSPS) is 12.2. The number of hydrogen-bond donors (Lipinski definition) is 1. The zero-order chi connectivity index (χ0) is 13.7. The van der Waals surface area contributed by atoms with Crippen LogP contribution in [0.4, 0.5) is 0 Å². The van der Waals surface area contributed by atoms with Crippen molar-refractivity contribution in [2.75, 3.05) is 13.1 Å². The van der Waals surface area contributed by atoms with Crippen LogP contribution in [0.25, 0.3) is 0 Å². The SMILES string of the molecule is CCc1ccsc1C(=O)N(CC)CC(C)C(N)=S. The van der Waals surface area contributed by atoms with Gasteiger partial charge in [-0.2, -0.15) is 0 Å². The monoisotopic (exact) mass is 284 g/mol. The largest absolute Gasteiger partial charge is 0.393 e. The molecule has 0 radical (unpaired) electrons. The van der Waals surface area contributed by atoms with E-state index in [2.05, 4.69) is 6.92 Å². The average Bonchev–Trinajstić information content (AvgIpc) is 2.82. The summed E-state index contributed by atoms with van der Waals surface area (Å²) in [5.41, 5.74) is 6.73. The Bertz CT molecular complexity index is 428. The first-order chi connectivity index (χ1) is 8.51. The number of thiocarbonyl (C=S) groups is 1. The van der Waals surface area contributed by atoms with Crippen LogP contribution in [0.2, 0.25) is 0 Å². The van der Waals surface area contributed by atoms with E-state index >= 15 is 0 Å². The summed E-state index contributed by atoms with van der Waals surface area (Å²) in [6.45, 7) is 7.25. The van der Waals surface area contributed by atoms with E-state index in [1.807, 2.05) is 30.2 Å². The van der Waals surface area contributed by atoms with Crippen LogP contribution in [0.1, 0.15) is 36.0 Å². The molecule has 1 aromatic rings. The summed E-state index contributed by atoms with van der Waals surface area (Å²) in [4.78, 5) is 15.5. The third-order valence-electron chi connectivity index (χ3n) is 2.97. The quantitative estimate of drug-likeness (QED) is 0.817. The van der Waals surface area contributed by atoms with E-state index in [9.17, 15) is 4.79 Å². The first-order valence-corrected chi connectivity index (χ1v) is 7.44. The standard InChI is InChI=1S/C13H20N2OS2/c1-4-10-6-7-18-11(10)13(16)15(5-2)8-9(3)12(14)17/h6-7,9H,4-5,8H2,1-3H3,(H2,14,17). The predicted octanol–water partition coefficient (Wildman–Crippen LogP) is 2.69. The topological polar surface area (TPSA) is 46.3 Å². The summed E-state index contributed by atoms with van der Waals surface area (Å²) >= 11 is 6.47. The van der Waals surface area contributed by atoms with Crippen LogP contribution in [-0.2, 0) is 6.42 Å². The molecule has 18 heavy (non-hydrogen) atoms. The van der Waals surface area contributed by atoms with Gasteiger partial charge in [0, 0.05) is 19.0 Å². The van der Waals surface area contributed by atoms with Crippen molar-refractivity contribution in [2.45, 2.75) is 27.2 Å². The molecule has 0 aliphatic heterocycles. The van der Waals surface area contributed by atoms with Crippen molar-refractivity contribution in [3.8, 4) is 0 Å². The van der Waals surface area contributed by atoms with Crippen LogP contribution in [0.15, 0.2) is 11.4 Å². The Morgan fingerprint density at radius 3 is 2.72 bits per heavy atom. The van der Waals surface area contributed by atoms with Gasteiger partial charge < -0.3 is 10.6 Å². The molecule has 1 amide bonds. The molecule has 0 spiro atoms. The van der Waals surface area contributed by atoms with Crippen LogP contribution in [0.5, 0.6) is 0 Å². The number of carbonyl (C=O) groups excluding carboxylic acids is 1. The molecule has 1 heterocycles. The Hall–Kier alpha value is -0.940. The Kier molecular flexibility index (Phi) is 5.75. The maximum Gasteiger partial charge on any atom is 0.264 e. The Labute approximate surface area is 118 Å². The minimum absolute atomic E-state index is 0.0499. The van der Waals surface area contributed by atoms with Crippen LogP contribution in [0, 0.1) is 5.92 Å². The van der Waals surface area contributed by atoms with Gasteiger partial charge in [-0.1, -0.05) is 26.1 Å². The first kappa shape index (κ1) is 15.1. The van der Waals surface area contributed by atoms with Crippen molar-refractivity contribution in [1.29, 1.82) is 0 Å². The molecule has 5 heteroatoms. The molecule has 0 aliphatic carbocycles. The Morgan fingerprint density at radius 2 is 2.22 bits per heavy atom. The molecule has 1 unspecified atom stereocenters. The van der Waals surface area contributed by atoms with E-state index in [1.165, 1.54) is 11.3 Å². The number of nitrogens with zero attached hydrogens (tertiary/aromatic N) is 1. The lowest BCUT2D eigenvalue weighted by Crippen LogP contribution is -2.38. The van der Waals surface area contributed by atoms with Gasteiger partial charge in [-0.25, -0.2) is 0 Å². The molecule has 0 saturated heterocycles. The highest BCUT2D eigenvalue weighted by molar-refractivity contribution is 7.80. The molecule has 3 nitrogen and oxygen atoms in total. The predicted molar refractivity (Wildman–Crippen MR) is 81.2 cm³/mol. The van der Waals surface area contributed by atoms with E-state index in [4.69, 9.17) is 18.0 Å². The third kappa shape index (κ3) is 3.53. The number of carbonyl (C=O) groups is 1. The lowest BCUT2D eigenvalue weighted by Gasteiger charge is -2.24. The molecule has 0 aliphatic rings. The summed E-state index contributed by atoms with van der Waals surface area (Å²) < 4.78 is 0. The summed E-state index contributed by atoms with van der Waals surface area (Å²) in [5.74, 6) is 0.140. The summed E-state index contributed by atoms with van der Waals surface area (Å²) in [6.07, 6.45) is 0.882. The van der Waals surface area contributed by atoms with Gasteiger partial charge in [0.05, 0.1) is 9.87 Å². The van der Waals surface area contributed by atoms with Crippen LogP contribution in [0.3, 0.4) is 0 Å². The van der Waals surface area contributed by atoms with E-state index < -0.39 is 0 Å². The molecular weight excluding hydrogens is 264 g/mol. The zero-order valence-corrected chi connectivity index (χ0v) is 12.7. The maximum atomic E-state index is 12.4. The third-order valence-corrected chi connectivity index (χ3v) is 4.32.